The Bertz CT molecular complexity index is 517. The molecule has 1 aliphatic rings. The summed E-state index contributed by atoms with van der Waals surface area (Å²) in [5.41, 5.74) is 0.278. The molecule has 1 aromatic carbocycles. The predicted octanol–water partition coefficient (Wildman–Crippen LogP) is -0.277. The Kier molecular flexibility index (Phi) is 3.86. The molecule has 7 heteroatoms. The highest BCUT2D eigenvalue weighted by Crippen LogP contribution is 2.09. The van der Waals surface area contributed by atoms with E-state index in [2.05, 4.69) is 10.6 Å². The normalized spacial score (nSPS) is 15.5. The van der Waals surface area contributed by atoms with Gasteiger partial charge < -0.3 is 5.32 Å². The topological polar surface area (TPSA) is 78.5 Å². The summed E-state index contributed by atoms with van der Waals surface area (Å²) in [6.07, 6.45) is 0. The Balaban J connectivity index is 1.97. The Hall–Kier alpha value is -2.28. The molecule has 1 aliphatic heterocycles. The highest BCUT2D eigenvalue weighted by atomic mass is 19.1. The van der Waals surface area contributed by atoms with E-state index in [0.29, 0.717) is 0 Å². The van der Waals surface area contributed by atoms with Gasteiger partial charge in [0.15, 0.2) is 0 Å². The maximum atomic E-state index is 12.9. The van der Waals surface area contributed by atoms with Gasteiger partial charge in [0.2, 0.25) is 17.7 Å². The van der Waals surface area contributed by atoms with Crippen LogP contribution in [0, 0.1) is 5.82 Å². The summed E-state index contributed by atoms with van der Waals surface area (Å²) in [4.78, 5) is 35.5. The smallest absolute Gasteiger partial charge is 0.244 e. The van der Waals surface area contributed by atoms with Crippen LogP contribution in [0.4, 0.5) is 10.1 Å². The number of hydrogen-bond donors (Lipinski definition) is 2. The number of nitrogens with one attached hydrogen (secondary N) is 2. The SMILES string of the molecule is O=C(CN1C(=O)CNCC1=O)Nc1cccc(F)c1. The van der Waals surface area contributed by atoms with Crippen molar-refractivity contribution in [1.82, 2.24) is 10.2 Å². The van der Waals surface area contributed by atoms with Crippen LogP contribution < -0.4 is 10.6 Å². The Morgan fingerprint density at radius 1 is 1.32 bits per heavy atom. The summed E-state index contributed by atoms with van der Waals surface area (Å²) >= 11 is 0. The number of hydrogen-bond acceptors (Lipinski definition) is 4. The predicted molar refractivity (Wildman–Crippen MR) is 64.6 cm³/mol. The van der Waals surface area contributed by atoms with Crippen LogP contribution in [-0.4, -0.2) is 42.3 Å². The minimum Gasteiger partial charge on any atom is -0.324 e. The lowest BCUT2D eigenvalue weighted by Crippen LogP contribution is -2.54. The first-order valence-electron chi connectivity index (χ1n) is 5.65. The third kappa shape index (κ3) is 3.35. The minimum absolute atomic E-state index is 0.0268. The van der Waals surface area contributed by atoms with Crippen molar-refractivity contribution in [3.63, 3.8) is 0 Å². The van der Waals surface area contributed by atoms with Crippen LogP contribution in [0.3, 0.4) is 0 Å². The van der Waals surface area contributed by atoms with E-state index in [9.17, 15) is 18.8 Å². The molecule has 0 aliphatic carbocycles. The fourth-order valence-corrected chi connectivity index (χ4v) is 1.69. The maximum Gasteiger partial charge on any atom is 0.244 e. The first-order chi connectivity index (χ1) is 9.06. The minimum atomic E-state index is -0.547. The van der Waals surface area contributed by atoms with Crippen LogP contribution in [-0.2, 0) is 14.4 Å². The Labute approximate surface area is 108 Å². The lowest BCUT2D eigenvalue weighted by atomic mass is 10.3. The number of amides is 3. The van der Waals surface area contributed by atoms with Crippen LogP contribution in [0.1, 0.15) is 0 Å². The molecule has 0 radical (unpaired) electrons. The number of piperazine rings is 1. The van der Waals surface area contributed by atoms with Gasteiger partial charge >= 0.3 is 0 Å². The van der Waals surface area contributed by atoms with Crippen molar-refractivity contribution in [2.24, 2.45) is 0 Å². The number of imide groups is 1. The third-order valence-corrected chi connectivity index (χ3v) is 2.56. The molecule has 100 valence electrons. The van der Waals surface area contributed by atoms with E-state index < -0.39 is 23.5 Å². The van der Waals surface area contributed by atoms with Gasteiger partial charge in [-0.2, -0.15) is 0 Å². The van der Waals surface area contributed by atoms with Crippen molar-refractivity contribution in [3.05, 3.63) is 30.1 Å². The molecule has 1 aromatic rings. The second-order valence-electron chi connectivity index (χ2n) is 4.04. The van der Waals surface area contributed by atoms with Crippen LogP contribution in [0.5, 0.6) is 0 Å². The van der Waals surface area contributed by atoms with E-state index in [-0.39, 0.29) is 25.3 Å². The van der Waals surface area contributed by atoms with Gasteiger partial charge in [-0.3, -0.25) is 24.6 Å². The van der Waals surface area contributed by atoms with E-state index in [0.717, 1.165) is 11.0 Å². The van der Waals surface area contributed by atoms with Crippen molar-refractivity contribution in [3.8, 4) is 0 Å². The summed E-state index contributed by atoms with van der Waals surface area (Å²) in [7, 11) is 0. The summed E-state index contributed by atoms with van der Waals surface area (Å²) in [6, 6.07) is 5.37. The number of benzene rings is 1. The van der Waals surface area contributed by atoms with Gasteiger partial charge in [0.05, 0.1) is 13.1 Å². The zero-order chi connectivity index (χ0) is 13.8. The first-order valence-corrected chi connectivity index (χ1v) is 5.65. The molecular formula is C12H12FN3O3. The standard InChI is InChI=1S/C12H12FN3O3/c13-8-2-1-3-9(4-8)15-10(17)7-16-11(18)5-14-6-12(16)19/h1-4,14H,5-7H2,(H,15,17). The maximum absolute atomic E-state index is 12.9. The fourth-order valence-electron chi connectivity index (χ4n) is 1.69. The second kappa shape index (κ2) is 5.57. The van der Waals surface area contributed by atoms with Gasteiger partial charge in [-0.05, 0) is 18.2 Å². The quantitative estimate of drug-likeness (QED) is 0.737. The first kappa shape index (κ1) is 13.2. The van der Waals surface area contributed by atoms with E-state index in [1.165, 1.54) is 18.2 Å². The molecule has 2 rings (SSSR count). The van der Waals surface area contributed by atoms with Gasteiger partial charge in [0, 0.05) is 5.69 Å². The number of halogens is 1. The lowest BCUT2D eigenvalue weighted by molar-refractivity contribution is -0.148. The van der Waals surface area contributed by atoms with Crippen LogP contribution in [0.15, 0.2) is 24.3 Å². The molecule has 0 atom stereocenters. The summed E-state index contributed by atoms with van der Waals surface area (Å²) in [5.74, 6) is -1.93. The van der Waals surface area contributed by atoms with Gasteiger partial charge in [-0.25, -0.2) is 4.39 Å². The van der Waals surface area contributed by atoms with E-state index in [1.807, 2.05) is 0 Å². The molecule has 1 fully saturated rings. The molecule has 0 unspecified atom stereocenters. The molecule has 1 heterocycles. The number of rotatable bonds is 3. The monoisotopic (exact) mass is 265 g/mol. The summed E-state index contributed by atoms with van der Waals surface area (Å²) in [6.45, 7) is -0.312. The van der Waals surface area contributed by atoms with Gasteiger partial charge in [-0.1, -0.05) is 6.07 Å². The number of carbonyl (C=O) groups excluding carboxylic acids is 3. The molecular weight excluding hydrogens is 253 g/mol. The van der Waals surface area contributed by atoms with E-state index >= 15 is 0 Å². The van der Waals surface area contributed by atoms with Crippen LogP contribution >= 0.6 is 0 Å². The molecule has 0 bridgehead atoms. The number of nitrogens with zero attached hydrogens (tertiary/aromatic N) is 1. The van der Waals surface area contributed by atoms with Crippen molar-refractivity contribution in [2.75, 3.05) is 25.0 Å². The Morgan fingerprint density at radius 3 is 2.63 bits per heavy atom. The highest BCUT2D eigenvalue weighted by molar-refractivity contribution is 6.04. The number of anilines is 1. The second-order valence-corrected chi connectivity index (χ2v) is 4.04. The summed E-state index contributed by atoms with van der Waals surface area (Å²) in [5, 5.41) is 5.05. The van der Waals surface area contributed by atoms with Crippen molar-refractivity contribution in [2.45, 2.75) is 0 Å². The summed E-state index contributed by atoms with van der Waals surface area (Å²) < 4.78 is 12.9. The average Bonchev–Trinajstić information content (AvgIpc) is 2.34. The number of carbonyl (C=O) groups is 3. The molecule has 0 spiro atoms. The lowest BCUT2D eigenvalue weighted by Gasteiger charge is -2.24. The molecule has 0 aromatic heterocycles. The molecule has 1 saturated heterocycles. The molecule has 19 heavy (non-hydrogen) atoms. The highest BCUT2D eigenvalue weighted by Gasteiger charge is 2.27. The fraction of sp³-hybridized carbons (Fsp3) is 0.250. The average molecular weight is 265 g/mol. The molecule has 3 amide bonds. The molecule has 2 N–H and O–H groups in total. The van der Waals surface area contributed by atoms with Crippen molar-refractivity contribution in [1.29, 1.82) is 0 Å². The third-order valence-electron chi connectivity index (χ3n) is 2.56. The van der Waals surface area contributed by atoms with Crippen molar-refractivity contribution >= 4 is 23.4 Å². The van der Waals surface area contributed by atoms with E-state index in [4.69, 9.17) is 0 Å². The van der Waals surface area contributed by atoms with E-state index in [1.54, 1.807) is 0 Å². The van der Waals surface area contributed by atoms with Gasteiger partial charge in [-0.15, -0.1) is 0 Å². The Morgan fingerprint density at radius 2 is 2.00 bits per heavy atom. The molecule has 6 nitrogen and oxygen atoms in total. The van der Waals surface area contributed by atoms with Gasteiger partial charge in [0.1, 0.15) is 12.4 Å². The van der Waals surface area contributed by atoms with Crippen LogP contribution in [0.2, 0.25) is 0 Å². The van der Waals surface area contributed by atoms with Crippen LogP contribution in [0.25, 0.3) is 0 Å². The van der Waals surface area contributed by atoms with Crippen molar-refractivity contribution < 1.29 is 18.8 Å². The van der Waals surface area contributed by atoms with Gasteiger partial charge in [0.25, 0.3) is 0 Å². The zero-order valence-corrected chi connectivity index (χ0v) is 9.98. The molecule has 0 saturated carbocycles. The largest absolute Gasteiger partial charge is 0.324 e. The zero-order valence-electron chi connectivity index (χ0n) is 9.98.